The SMILES string of the molecule is CN(C)CC1CCCCC(=Cc2ccccc2)C1(O)C1CCCC1. The molecule has 0 amide bonds. The number of aliphatic hydroxyl groups is 1. The first-order valence-electron chi connectivity index (χ1n) is 9.74. The molecule has 2 aliphatic carbocycles. The van der Waals surface area contributed by atoms with E-state index in [0.29, 0.717) is 11.8 Å². The third-order valence-electron chi connectivity index (χ3n) is 6.09. The van der Waals surface area contributed by atoms with E-state index in [1.165, 1.54) is 49.7 Å². The third-order valence-corrected chi connectivity index (χ3v) is 6.09. The van der Waals surface area contributed by atoms with Gasteiger partial charge in [-0.2, -0.15) is 0 Å². The zero-order valence-electron chi connectivity index (χ0n) is 15.4. The highest BCUT2D eigenvalue weighted by atomic mass is 16.3. The molecule has 1 aromatic rings. The van der Waals surface area contributed by atoms with Crippen molar-refractivity contribution in [1.29, 1.82) is 0 Å². The number of rotatable bonds is 4. The molecular formula is C22H33NO. The summed E-state index contributed by atoms with van der Waals surface area (Å²) in [5.74, 6) is 0.795. The first kappa shape index (κ1) is 17.7. The van der Waals surface area contributed by atoms with Crippen molar-refractivity contribution in [3.8, 4) is 0 Å². The Labute approximate surface area is 147 Å². The van der Waals surface area contributed by atoms with E-state index in [0.717, 1.165) is 19.4 Å². The molecule has 132 valence electrons. The average Bonchev–Trinajstić information content (AvgIpc) is 3.07. The summed E-state index contributed by atoms with van der Waals surface area (Å²) < 4.78 is 0. The predicted molar refractivity (Wildman–Crippen MR) is 102 cm³/mol. The average molecular weight is 328 g/mol. The van der Waals surface area contributed by atoms with Gasteiger partial charge < -0.3 is 10.0 Å². The molecule has 0 spiro atoms. The monoisotopic (exact) mass is 327 g/mol. The van der Waals surface area contributed by atoms with E-state index in [9.17, 15) is 5.11 Å². The second-order valence-corrected chi connectivity index (χ2v) is 8.09. The Morgan fingerprint density at radius 1 is 1.04 bits per heavy atom. The van der Waals surface area contributed by atoms with E-state index in [1.807, 2.05) is 0 Å². The van der Waals surface area contributed by atoms with Crippen LogP contribution in [0, 0.1) is 11.8 Å². The van der Waals surface area contributed by atoms with Crippen LogP contribution in [0.5, 0.6) is 0 Å². The Balaban J connectivity index is 2.00. The second-order valence-electron chi connectivity index (χ2n) is 8.09. The van der Waals surface area contributed by atoms with Crippen LogP contribution in [-0.2, 0) is 0 Å². The van der Waals surface area contributed by atoms with Gasteiger partial charge in [0.1, 0.15) is 0 Å². The van der Waals surface area contributed by atoms with Crippen molar-refractivity contribution in [2.24, 2.45) is 11.8 Å². The summed E-state index contributed by atoms with van der Waals surface area (Å²) in [6, 6.07) is 10.6. The fourth-order valence-electron chi connectivity index (χ4n) is 4.96. The Bertz CT molecular complexity index is 544. The molecule has 2 unspecified atom stereocenters. The molecule has 2 fully saturated rings. The molecule has 2 heteroatoms. The summed E-state index contributed by atoms with van der Waals surface area (Å²) in [6.45, 7) is 0.985. The van der Waals surface area contributed by atoms with Gasteiger partial charge in [-0.25, -0.2) is 0 Å². The van der Waals surface area contributed by atoms with Crippen LogP contribution in [0.3, 0.4) is 0 Å². The molecule has 0 saturated heterocycles. The zero-order valence-corrected chi connectivity index (χ0v) is 15.4. The lowest BCUT2D eigenvalue weighted by atomic mass is 9.69. The molecule has 2 aliphatic rings. The van der Waals surface area contributed by atoms with E-state index in [1.54, 1.807) is 0 Å². The predicted octanol–water partition coefficient (Wildman–Crippen LogP) is 4.74. The molecular weight excluding hydrogens is 294 g/mol. The molecule has 2 atom stereocenters. The van der Waals surface area contributed by atoms with Crippen LogP contribution in [0.1, 0.15) is 56.9 Å². The van der Waals surface area contributed by atoms with Crippen molar-refractivity contribution in [3.05, 3.63) is 41.5 Å². The first-order valence-corrected chi connectivity index (χ1v) is 9.74. The summed E-state index contributed by atoms with van der Waals surface area (Å²) in [7, 11) is 4.28. The number of hydrogen-bond donors (Lipinski definition) is 1. The fraction of sp³-hybridized carbons (Fsp3) is 0.636. The number of hydrogen-bond acceptors (Lipinski definition) is 2. The van der Waals surface area contributed by atoms with Crippen molar-refractivity contribution < 1.29 is 5.11 Å². The lowest BCUT2D eigenvalue weighted by Crippen LogP contribution is -2.49. The molecule has 0 aliphatic heterocycles. The lowest BCUT2D eigenvalue weighted by molar-refractivity contribution is -0.0432. The van der Waals surface area contributed by atoms with Crippen molar-refractivity contribution in [1.82, 2.24) is 4.90 Å². The molecule has 0 heterocycles. The summed E-state index contributed by atoms with van der Waals surface area (Å²) in [4.78, 5) is 2.26. The van der Waals surface area contributed by atoms with E-state index in [4.69, 9.17) is 0 Å². The quantitative estimate of drug-likeness (QED) is 0.807. The molecule has 1 N–H and O–H groups in total. The van der Waals surface area contributed by atoms with Gasteiger partial charge in [-0.3, -0.25) is 0 Å². The Kier molecular flexibility index (Phi) is 5.78. The minimum atomic E-state index is -0.618. The van der Waals surface area contributed by atoms with E-state index < -0.39 is 5.60 Å². The lowest BCUT2D eigenvalue weighted by Gasteiger charge is -2.43. The van der Waals surface area contributed by atoms with Gasteiger partial charge in [0.15, 0.2) is 0 Å². The minimum absolute atomic E-state index is 0.355. The molecule has 1 aromatic carbocycles. The van der Waals surface area contributed by atoms with Gasteiger partial charge in [0, 0.05) is 12.5 Å². The summed E-state index contributed by atoms with van der Waals surface area (Å²) in [6.07, 6.45) is 11.9. The third kappa shape index (κ3) is 3.75. The van der Waals surface area contributed by atoms with Gasteiger partial charge in [0.05, 0.1) is 5.60 Å². The summed E-state index contributed by atoms with van der Waals surface area (Å²) >= 11 is 0. The highest BCUT2D eigenvalue weighted by molar-refractivity contribution is 5.55. The fourth-order valence-corrected chi connectivity index (χ4v) is 4.96. The van der Waals surface area contributed by atoms with Crippen LogP contribution in [0.25, 0.3) is 6.08 Å². The maximum absolute atomic E-state index is 12.1. The molecule has 0 bridgehead atoms. The molecule has 24 heavy (non-hydrogen) atoms. The Morgan fingerprint density at radius 3 is 2.38 bits per heavy atom. The molecule has 0 aromatic heterocycles. The number of nitrogens with zero attached hydrogens (tertiary/aromatic N) is 1. The van der Waals surface area contributed by atoms with Crippen molar-refractivity contribution in [2.45, 2.75) is 57.0 Å². The van der Waals surface area contributed by atoms with Crippen molar-refractivity contribution in [3.63, 3.8) is 0 Å². The maximum atomic E-state index is 12.1. The van der Waals surface area contributed by atoms with Crippen LogP contribution in [-0.4, -0.2) is 36.2 Å². The van der Waals surface area contributed by atoms with Crippen molar-refractivity contribution in [2.75, 3.05) is 20.6 Å². The van der Waals surface area contributed by atoms with Gasteiger partial charge in [0.2, 0.25) is 0 Å². The van der Waals surface area contributed by atoms with Gasteiger partial charge in [-0.05, 0) is 63.3 Å². The summed E-state index contributed by atoms with van der Waals surface area (Å²) in [5, 5.41) is 12.1. The minimum Gasteiger partial charge on any atom is -0.385 e. The normalized spacial score (nSPS) is 30.8. The van der Waals surface area contributed by atoms with E-state index in [-0.39, 0.29) is 0 Å². The Morgan fingerprint density at radius 2 is 1.71 bits per heavy atom. The standard InChI is InChI=1S/C22H33NO/c1-23(2)17-21-15-9-8-14-20(16-18-10-4-3-5-11-18)22(21,24)19-12-6-7-13-19/h3-5,10-11,16,19,21,24H,6-9,12-15,17H2,1-2H3. The zero-order chi connectivity index (χ0) is 17.0. The van der Waals surface area contributed by atoms with Gasteiger partial charge in [-0.1, -0.05) is 55.7 Å². The maximum Gasteiger partial charge on any atom is 0.0928 e. The van der Waals surface area contributed by atoms with Crippen LogP contribution in [0.15, 0.2) is 35.9 Å². The Hall–Kier alpha value is -1.12. The largest absolute Gasteiger partial charge is 0.385 e. The first-order chi connectivity index (χ1) is 11.6. The molecule has 2 nitrogen and oxygen atoms in total. The number of benzene rings is 1. The van der Waals surface area contributed by atoms with Crippen LogP contribution in [0.4, 0.5) is 0 Å². The molecule has 3 rings (SSSR count). The van der Waals surface area contributed by atoms with Gasteiger partial charge in [0.25, 0.3) is 0 Å². The molecule has 2 saturated carbocycles. The van der Waals surface area contributed by atoms with Gasteiger partial charge >= 0.3 is 0 Å². The van der Waals surface area contributed by atoms with Crippen LogP contribution >= 0.6 is 0 Å². The van der Waals surface area contributed by atoms with Crippen LogP contribution < -0.4 is 0 Å². The van der Waals surface area contributed by atoms with Crippen LogP contribution in [0.2, 0.25) is 0 Å². The topological polar surface area (TPSA) is 23.5 Å². The molecule has 0 radical (unpaired) electrons. The highest BCUT2D eigenvalue weighted by Crippen LogP contribution is 2.48. The highest BCUT2D eigenvalue weighted by Gasteiger charge is 2.47. The van der Waals surface area contributed by atoms with E-state index in [2.05, 4.69) is 55.4 Å². The van der Waals surface area contributed by atoms with Gasteiger partial charge in [-0.15, -0.1) is 0 Å². The second kappa shape index (κ2) is 7.84. The van der Waals surface area contributed by atoms with E-state index >= 15 is 0 Å². The van der Waals surface area contributed by atoms with Crippen molar-refractivity contribution >= 4 is 6.08 Å². The summed E-state index contributed by atoms with van der Waals surface area (Å²) in [5.41, 5.74) is 1.91. The smallest absolute Gasteiger partial charge is 0.0928 e.